The summed E-state index contributed by atoms with van der Waals surface area (Å²) in [5, 5.41) is 6.84. The average molecular weight is 309 g/mol. The third-order valence-electron chi connectivity index (χ3n) is 3.31. The van der Waals surface area contributed by atoms with Crippen LogP contribution < -0.4 is 10.9 Å². The predicted molar refractivity (Wildman–Crippen MR) is 85.3 cm³/mol. The fraction of sp³-hybridized carbons (Fsp3) is 0.125. The van der Waals surface area contributed by atoms with Crippen molar-refractivity contribution >= 4 is 11.6 Å². The Hall–Kier alpha value is -3.22. The fourth-order valence-corrected chi connectivity index (χ4v) is 2.13. The van der Waals surface area contributed by atoms with E-state index in [0.717, 1.165) is 5.69 Å². The lowest BCUT2D eigenvalue weighted by molar-refractivity contribution is -0.116. The largest absolute Gasteiger partial charge is 0.326 e. The van der Waals surface area contributed by atoms with Crippen molar-refractivity contribution in [3.63, 3.8) is 0 Å². The van der Waals surface area contributed by atoms with Crippen molar-refractivity contribution in [1.29, 1.82) is 0 Å². The summed E-state index contributed by atoms with van der Waals surface area (Å²) in [6.07, 6.45) is 4.96. The molecule has 1 aromatic carbocycles. The number of pyridine rings is 1. The van der Waals surface area contributed by atoms with Crippen LogP contribution in [-0.2, 0) is 11.3 Å². The summed E-state index contributed by atoms with van der Waals surface area (Å²) in [5.41, 5.74) is 1.44. The SMILES string of the molecule is O=C(CCn1ccccc1=O)Nc1ccc(-n2cncn2)cc1. The zero-order valence-electron chi connectivity index (χ0n) is 12.3. The fourth-order valence-electron chi connectivity index (χ4n) is 2.13. The summed E-state index contributed by atoms with van der Waals surface area (Å²) in [6.45, 7) is 0.350. The highest BCUT2D eigenvalue weighted by Gasteiger charge is 2.04. The molecule has 0 bridgehead atoms. The number of aromatic nitrogens is 4. The minimum Gasteiger partial charge on any atom is -0.326 e. The van der Waals surface area contributed by atoms with Gasteiger partial charge >= 0.3 is 0 Å². The maximum atomic E-state index is 12.0. The van der Waals surface area contributed by atoms with E-state index in [1.54, 1.807) is 41.5 Å². The number of hydrogen-bond acceptors (Lipinski definition) is 4. The summed E-state index contributed by atoms with van der Waals surface area (Å²) in [7, 11) is 0. The van der Waals surface area contributed by atoms with Crippen LogP contribution in [0.3, 0.4) is 0 Å². The lowest BCUT2D eigenvalue weighted by Gasteiger charge is -2.07. The Bertz CT molecular complexity index is 837. The van der Waals surface area contributed by atoms with E-state index in [-0.39, 0.29) is 17.9 Å². The zero-order chi connectivity index (χ0) is 16.1. The Kier molecular flexibility index (Phi) is 4.28. The van der Waals surface area contributed by atoms with Gasteiger partial charge in [-0.2, -0.15) is 5.10 Å². The molecule has 116 valence electrons. The van der Waals surface area contributed by atoms with Gasteiger partial charge in [-0.15, -0.1) is 0 Å². The first-order chi connectivity index (χ1) is 11.2. The Morgan fingerprint density at radius 2 is 1.96 bits per heavy atom. The minimum atomic E-state index is -0.144. The van der Waals surface area contributed by atoms with Gasteiger partial charge in [-0.1, -0.05) is 6.07 Å². The zero-order valence-corrected chi connectivity index (χ0v) is 12.3. The van der Waals surface area contributed by atoms with Gasteiger partial charge in [0, 0.05) is 30.9 Å². The molecule has 0 saturated carbocycles. The van der Waals surface area contributed by atoms with Gasteiger partial charge in [0.25, 0.3) is 5.56 Å². The number of hydrogen-bond donors (Lipinski definition) is 1. The molecular formula is C16H15N5O2. The summed E-state index contributed by atoms with van der Waals surface area (Å²) in [6, 6.07) is 12.2. The predicted octanol–water partition coefficient (Wildman–Crippen LogP) is 1.46. The quantitative estimate of drug-likeness (QED) is 0.773. The van der Waals surface area contributed by atoms with Crippen LogP contribution in [-0.4, -0.2) is 25.2 Å². The molecule has 0 spiro atoms. The van der Waals surface area contributed by atoms with E-state index < -0.39 is 0 Å². The molecule has 23 heavy (non-hydrogen) atoms. The Morgan fingerprint density at radius 3 is 2.65 bits per heavy atom. The second-order valence-electron chi connectivity index (χ2n) is 4.92. The van der Waals surface area contributed by atoms with Crippen molar-refractivity contribution in [3.8, 4) is 5.69 Å². The smallest absolute Gasteiger partial charge is 0.250 e. The van der Waals surface area contributed by atoms with Crippen molar-refractivity contribution in [2.24, 2.45) is 0 Å². The number of aryl methyl sites for hydroxylation is 1. The second kappa shape index (κ2) is 6.69. The first-order valence-corrected chi connectivity index (χ1v) is 7.13. The van der Waals surface area contributed by atoms with E-state index in [2.05, 4.69) is 15.4 Å². The summed E-state index contributed by atoms with van der Waals surface area (Å²) in [4.78, 5) is 27.4. The molecule has 0 saturated heterocycles. The average Bonchev–Trinajstić information content (AvgIpc) is 3.09. The number of benzene rings is 1. The van der Waals surface area contributed by atoms with Gasteiger partial charge in [0.05, 0.1) is 5.69 Å². The van der Waals surface area contributed by atoms with Crippen LogP contribution >= 0.6 is 0 Å². The number of amides is 1. The van der Waals surface area contributed by atoms with Crippen LogP contribution in [0.25, 0.3) is 5.69 Å². The number of nitrogens with one attached hydrogen (secondary N) is 1. The summed E-state index contributed by atoms with van der Waals surface area (Å²) in [5.74, 6) is -0.144. The van der Waals surface area contributed by atoms with E-state index in [1.165, 1.54) is 17.0 Å². The lowest BCUT2D eigenvalue weighted by Crippen LogP contribution is -2.21. The first kappa shape index (κ1) is 14.7. The maximum Gasteiger partial charge on any atom is 0.250 e. The molecule has 1 amide bonds. The van der Waals surface area contributed by atoms with Crippen LogP contribution in [0.5, 0.6) is 0 Å². The highest BCUT2D eigenvalue weighted by Crippen LogP contribution is 2.12. The Balaban J connectivity index is 1.58. The van der Waals surface area contributed by atoms with E-state index in [9.17, 15) is 9.59 Å². The van der Waals surface area contributed by atoms with Gasteiger partial charge in [0.15, 0.2) is 0 Å². The lowest BCUT2D eigenvalue weighted by atomic mass is 10.2. The minimum absolute atomic E-state index is 0.113. The topological polar surface area (TPSA) is 81.8 Å². The van der Waals surface area contributed by atoms with Crippen LogP contribution in [0.4, 0.5) is 5.69 Å². The monoisotopic (exact) mass is 309 g/mol. The number of carbonyl (C=O) groups excluding carboxylic acids is 1. The molecule has 3 aromatic rings. The summed E-state index contributed by atoms with van der Waals surface area (Å²) >= 11 is 0. The molecule has 0 unspecified atom stereocenters. The van der Waals surface area contributed by atoms with Gasteiger partial charge in [-0.3, -0.25) is 9.59 Å². The van der Waals surface area contributed by atoms with Gasteiger partial charge in [-0.25, -0.2) is 9.67 Å². The van der Waals surface area contributed by atoms with Crippen molar-refractivity contribution in [2.75, 3.05) is 5.32 Å². The maximum absolute atomic E-state index is 12.0. The molecule has 7 heteroatoms. The highest BCUT2D eigenvalue weighted by molar-refractivity contribution is 5.90. The van der Waals surface area contributed by atoms with Gasteiger partial charge in [0.2, 0.25) is 5.91 Å². The molecule has 0 fully saturated rings. The van der Waals surface area contributed by atoms with Gasteiger partial charge in [0.1, 0.15) is 12.7 Å². The second-order valence-corrected chi connectivity index (χ2v) is 4.92. The highest BCUT2D eigenvalue weighted by atomic mass is 16.1. The standard InChI is InChI=1S/C16H15N5O2/c22-15(8-10-20-9-2-1-3-16(20)23)19-13-4-6-14(7-5-13)21-12-17-11-18-21/h1-7,9,11-12H,8,10H2,(H,19,22). The molecule has 0 aliphatic carbocycles. The van der Waals surface area contributed by atoms with Crippen LogP contribution in [0, 0.1) is 0 Å². The molecule has 7 nitrogen and oxygen atoms in total. The molecule has 0 radical (unpaired) electrons. The van der Waals surface area contributed by atoms with E-state index in [1.807, 2.05) is 12.1 Å². The Labute approximate surface area is 132 Å². The third-order valence-corrected chi connectivity index (χ3v) is 3.31. The molecule has 1 N–H and O–H groups in total. The Morgan fingerprint density at radius 1 is 1.13 bits per heavy atom. The molecule has 0 atom stereocenters. The molecule has 2 aromatic heterocycles. The van der Waals surface area contributed by atoms with Crippen molar-refractivity contribution in [2.45, 2.75) is 13.0 Å². The van der Waals surface area contributed by atoms with Gasteiger partial charge < -0.3 is 9.88 Å². The first-order valence-electron chi connectivity index (χ1n) is 7.13. The normalized spacial score (nSPS) is 10.4. The molecule has 3 rings (SSSR count). The van der Waals surface area contributed by atoms with Crippen LogP contribution in [0.15, 0.2) is 66.1 Å². The number of nitrogens with zero attached hydrogens (tertiary/aromatic N) is 4. The summed E-state index contributed by atoms with van der Waals surface area (Å²) < 4.78 is 3.14. The van der Waals surface area contributed by atoms with Crippen LogP contribution in [0.1, 0.15) is 6.42 Å². The number of carbonyl (C=O) groups is 1. The molecule has 0 aliphatic heterocycles. The van der Waals surface area contributed by atoms with E-state index in [0.29, 0.717) is 12.2 Å². The number of rotatable bonds is 5. The molecule has 2 heterocycles. The van der Waals surface area contributed by atoms with Crippen molar-refractivity contribution in [1.82, 2.24) is 19.3 Å². The van der Waals surface area contributed by atoms with E-state index in [4.69, 9.17) is 0 Å². The molecule has 0 aliphatic rings. The van der Waals surface area contributed by atoms with Gasteiger partial charge in [-0.05, 0) is 30.3 Å². The van der Waals surface area contributed by atoms with E-state index >= 15 is 0 Å². The van der Waals surface area contributed by atoms with Crippen molar-refractivity contribution in [3.05, 3.63) is 71.7 Å². The number of anilines is 1. The molecular weight excluding hydrogens is 294 g/mol. The van der Waals surface area contributed by atoms with Crippen molar-refractivity contribution < 1.29 is 4.79 Å². The van der Waals surface area contributed by atoms with Crippen LogP contribution in [0.2, 0.25) is 0 Å². The third kappa shape index (κ3) is 3.70.